The molecule has 1 aromatic rings. The lowest BCUT2D eigenvalue weighted by molar-refractivity contribution is -0.123. The van der Waals surface area contributed by atoms with E-state index in [1.165, 1.54) is 19.2 Å². The van der Waals surface area contributed by atoms with Gasteiger partial charge >= 0.3 is 6.61 Å². The first-order valence-corrected chi connectivity index (χ1v) is 6.08. The second kappa shape index (κ2) is 10.3. The molecule has 0 aliphatic carbocycles. The summed E-state index contributed by atoms with van der Waals surface area (Å²) >= 11 is 0. The van der Waals surface area contributed by atoms with Crippen LogP contribution in [0.3, 0.4) is 0 Å². The summed E-state index contributed by atoms with van der Waals surface area (Å²) in [5.74, 6) is -0.161. The molecule has 1 aromatic carbocycles. The van der Waals surface area contributed by atoms with Crippen LogP contribution in [0.4, 0.5) is 8.78 Å². The molecule has 3 N–H and O–H groups in total. The van der Waals surface area contributed by atoms with Gasteiger partial charge in [-0.2, -0.15) is 8.78 Å². The molecule has 1 amide bonds. The molecule has 0 spiro atoms. The van der Waals surface area contributed by atoms with Crippen LogP contribution in [0.1, 0.15) is 12.0 Å². The Morgan fingerprint density at radius 1 is 1.43 bits per heavy atom. The zero-order valence-corrected chi connectivity index (χ0v) is 12.4. The molecule has 5 nitrogen and oxygen atoms in total. The van der Waals surface area contributed by atoms with Gasteiger partial charge in [0.15, 0.2) is 0 Å². The predicted molar refractivity (Wildman–Crippen MR) is 76.6 cm³/mol. The van der Waals surface area contributed by atoms with Crippen LogP contribution in [0.15, 0.2) is 24.3 Å². The standard InChI is InChI=1S/C13H18F2N2O3.ClH/c1-19-11(7-16)6-12(18)17-8-9-3-2-4-10(5-9)20-13(14)15;/h2-5,11,13H,6-8,16H2,1H3,(H,17,18);1H. The van der Waals surface area contributed by atoms with Crippen molar-refractivity contribution in [1.29, 1.82) is 0 Å². The predicted octanol–water partition coefficient (Wildman–Crippen LogP) is 1.69. The minimum absolute atomic E-state index is 0. The maximum atomic E-state index is 12.1. The van der Waals surface area contributed by atoms with Crippen LogP contribution in [0, 0.1) is 0 Å². The Balaban J connectivity index is 0.00000400. The number of nitrogens with two attached hydrogens (primary N) is 1. The van der Waals surface area contributed by atoms with Gasteiger partial charge in [-0.05, 0) is 17.7 Å². The summed E-state index contributed by atoms with van der Waals surface area (Å²) in [6, 6.07) is 6.16. The van der Waals surface area contributed by atoms with Gasteiger partial charge in [-0.25, -0.2) is 0 Å². The maximum Gasteiger partial charge on any atom is 0.387 e. The number of carbonyl (C=O) groups is 1. The van der Waals surface area contributed by atoms with Crippen LogP contribution < -0.4 is 15.8 Å². The summed E-state index contributed by atoms with van der Waals surface area (Å²) in [7, 11) is 1.48. The summed E-state index contributed by atoms with van der Waals surface area (Å²) in [5.41, 5.74) is 6.08. The number of ether oxygens (including phenoxy) is 2. The summed E-state index contributed by atoms with van der Waals surface area (Å²) in [6.07, 6.45) is -0.177. The van der Waals surface area contributed by atoms with Crippen molar-refractivity contribution in [3.63, 3.8) is 0 Å². The molecule has 0 aromatic heterocycles. The Labute approximate surface area is 128 Å². The van der Waals surface area contributed by atoms with Crippen LogP contribution in [0.5, 0.6) is 5.75 Å². The zero-order valence-electron chi connectivity index (χ0n) is 11.6. The first-order chi connectivity index (χ1) is 9.55. The van der Waals surface area contributed by atoms with E-state index in [9.17, 15) is 13.6 Å². The second-order valence-electron chi connectivity index (χ2n) is 4.10. The molecule has 0 bridgehead atoms. The molecule has 1 unspecified atom stereocenters. The van der Waals surface area contributed by atoms with Crippen LogP contribution in [-0.2, 0) is 16.1 Å². The lowest BCUT2D eigenvalue weighted by Crippen LogP contribution is -2.31. The van der Waals surface area contributed by atoms with Crippen LogP contribution in [-0.4, -0.2) is 32.3 Å². The van der Waals surface area contributed by atoms with Crippen molar-refractivity contribution in [2.45, 2.75) is 25.7 Å². The number of nitrogens with one attached hydrogen (secondary N) is 1. The smallest absolute Gasteiger partial charge is 0.387 e. The molecule has 0 saturated carbocycles. The van der Waals surface area contributed by atoms with Crippen LogP contribution in [0.25, 0.3) is 0 Å². The zero-order chi connectivity index (χ0) is 15.0. The molecule has 1 atom stereocenters. The van der Waals surface area contributed by atoms with Gasteiger partial charge in [0, 0.05) is 20.2 Å². The molecular weight excluding hydrogens is 306 g/mol. The SMILES string of the molecule is COC(CN)CC(=O)NCc1cccc(OC(F)F)c1.Cl. The fraction of sp³-hybridized carbons (Fsp3) is 0.462. The fourth-order valence-electron chi connectivity index (χ4n) is 1.57. The van der Waals surface area contributed by atoms with Crippen molar-refractivity contribution < 1.29 is 23.0 Å². The Hall–Kier alpha value is -1.44. The van der Waals surface area contributed by atoms with Crippen molar-refractivity contribution in [2.24, 2.45) is 5.73 Å². The number of halogens is 3. The molecule has 0 saturated heterocycles. The maximum absolute atomic E-state index is 12.1. The molecule has 0 aliphatic heterocycles. The van der Waals surface area contributed by atoms with Crippen LogP contribution in [0.2, 0.25) is 0 Å². The Kier molecular flexibility index (Phi) is 9.60. The molecule has 0 aliphatic rings. The molecule has 0 fully saturated rings. The minimum atomic E-state index is -2.87. The third-order valence-electron chi connectivity index (χ3n) is 2.62. The monoisotopic (exact) mass is 324 g/mol. The normalized spacial score (nSPS) is 11.7. The molecule has 120 valence electrons. The van der Waals surface area contributed by atoms with Crippen molar-refractivity contribution >= 4 is 18.3 Å². The van der Waals surface area contributed by atoms with Gasteiger partial charge < -0.3 is 20.5 Å². The van der Waals surface area contributed by atoms with E-state index in [-0.39, 0.29) is 49.7 Å². The van der Waals surface area contributed by atoms with Gasteiger partial charge in [0.25, 0.3) is 0 Å². The lowest BCUT2D eigenvalue weighted by atomic mass is 10.2. The van der Waals surface area contributed by atoms with Gasteiger partial charge in [-0.1, -0.05) is 12.1 Å². The first kappa shape index (κ1) is 19.6. The van der Waals surface area contributed by atoms with Gasteiger partial charge in [0.2, 0.25) is 5.91 Å². The van der Waals surface area contributed by atoms with Gasteiger partial charge in [-0.3, -0.25) is 4.79 Å². The van der Waals surface area contributed by atoms with Gasteiger partial charge in [-0.15, -0.1) is 12.4 Å². The summed E-state index contributed by atoms with van der Waals surface area (Å²) in [5, 5.41) is 2.66. The fourth-order valence-corrected chi connectivity index (χ4v) is 1.57. The highest BCUT2D eigenvalue weighted by atomic mass is 35.5. The van der Waals surface area contributed by atoms with Crippen molar-refractivity contribution in [3.05, 3.63) is 29.8 Å². The Bertz CT molecular complexity index is 432. The van der Waals surface area contributed by atoms with Gasteiger partial charge in [0.1, 0.15) is 5.75 Å². The number of rotatable bonds is 8. The van der Waals surface area contributed by atoms with E-state index in [4.69, 9.17) is 10.5 Å². The second-order valence-corrected chi connectivity index (χ2v) is 4.10. The Morgan fingerprint density at radius 2 is 2.14 bits per heavy atom. The average molecular weight is 325 g/mol. The Morgan fingerprint density at radius 3 is 2.71 bits per heavy atom. The number of hydrogen-bond donors (Lipinski definition) is 2. The summed E-state index contributed by atoms with van der Waals surface area (Å²) < 4.78 is 33.4. The average Bonchev–Trinajstić information content (AvgIpc) is 2.42. The molecule has 1 rings (SSSR count). The van der Waals surface area contributed by atoms with E-state index in [1.54, 1.807) is 12.1 Å². The van der Waals surface area contributed by atoms with E-state index in [0.29, 0.717) is 5.56 Å². The minimum Gasteiger partial charge on any atom is -0.435 e. The number of amides is 1. The number of methoxy groups -OCH3 is 1. The number of alkyl halides is 2. The third-order valence-corrected chi connectivity index (χ3v) is 2.62. The largest absolute Gasteiger partial charge is 0.435 e. The quantitative estimate of drug-likeness (QED) is 0.763. The highest BCUT2D eigenvalue weighted by Crippen LogP contribution is 2.15. The van der Waals surface area contributed by atoms with E-state index < -0.39 is 6.61 Å². The topological polar surface area (TPSA) is 73.6 Å². The van der Waals surface area contributed by atoms with Gasteiger partial charge in [0.05, 0.1) is 12.5 Å². The van der Waals surface area contributed by atoms with Crippen molar-refractivity contribution in [3.8, 4) is 5.75 Å². The number of hydrogen-bond acceptors (Lipinski definition) is 4. The number of carbonyl (C=O) groups excluding carboxylic acids is 1. The van der Waals surface area contributed by atoms with Crippen LogP contribution >= 0.6 is 12.4 Å². The molecule has 8 heteroatoms. The van der Waals surface area contributed by atoms with E-state index in [0.717, 1.165) is 0 Å². The molecule has 0 heterocycles. The summed E-state index contributed by atoms with van der Waals surface area (Å²) in [6.45, 7) is -2.39. The highest BCUT2D eigenvalue weighted by Gasteiger charge is 2.11. The van der Waals surface area contributed by atoms with E-state index in [2.05, 4.69) is 10.1 Å². The van der Waals surface area contributed by atoms with E-state index in [1.807, 2.05) is 0 Å². The molecule has 21 heavy (non-hydrogen) atoms. The molecular formula is C13H19ClF2N2O3. The lowest BCUT2D eigenvalue weighted by Gasteiger charge is -2.13. The van der Waals surface area contributed by atoms with Crippen molar-refractivity contribution in [2.75, 3.05) is 13.7 Å². The first-order valence-electron chi connectivity index (χ1n) is 6.08. The highest BCUT2D eigenvalue weighted by molar-refractivity contribution is 5.85. The molecule has 0 radical (unpaired) electrons. The number of benzene rings is 1. The van der Waals surface area contributed by atoms with E-state index >= 15 is 0 Å². The third kappa shape index (κ3) is 7.79. The summed E-state index contributed by atoms with van der Waals surface area (Å²) in [4.78, 5) is 11.6. The van der Waals surface area contributed by atoms with Crippen molar-refractivity contribution in [1.82, 2.24) is 5.32 Å².